The van der Waals surface area contributed by atoms with E-state index in [1.54, 1.807) is 31.2 Å². The summed E-state index contributed by atoms with van der Waals surface area (Å²) < 4.78 is 0. The zero-order valence-corrected chi connectivity index (χ0v) is 18.0. The Bertz CT molecular complexity index is 1130. The molecule has 1 fully saturated rings. The average molecular weight is 435 g/mol. The monoisotopic (exact) mass is 434 g/mol. The minimum Gasteiger partial charge on any atom is -0.326 e. The number of anilines is 1. The molecule has 1 aromatic heterocycles. The summed E-state index contributed by atoms with van der Waals surface area (Å²) in [6.07, 6.45) is 0.915. The highest BCUT2D eigenvalue weighted by Crippen LogP contribution is 2.38. The number of hydrogen-bond donors (Lipinski definition) is 3. The van der Waals surface area contributed by atoms with Crippen LogP contribution < -0.4 is 16.2 Å². The molecule has 7 nitrogen and oxygen atoms in total. The van der Waals surface area contributed by atoms with Crippen LogP contribution in [0.15, 0.2) is 54.6 Å². The highest BCUT2D eigenvalue weighted by atomic mass is 32.1. The van der Waals surface area contributed by atoms with Gasteiger partial charge in [-0.3, -0.25) is 25.2 Å². The maximum absolute atomic E-state index is 12.5. The largest absolute Gasteiger partial charge is 0.326 e. The van der Waals surface area contributed by atoms with Crippen LogP contribution in [0, 0.1) is 18.8 Å². The number of amides is 3. The summed E-state index contributed by atoms with van der Waals surface area (Å²) in [7, 11) is 0. The number of nitrogens with zero attached hydrogens (tertiary/aromatic N) is 1. The van der Waals surface area contributed by atoms with Crippen molar-refractivity contribution < 1.29 is 14.4 Å². The summed E-state index contributed by atoms with van der Waals surface area (Å²) in [5.74, 6) is -0.359. The Balaban J connectivity index is 1.34. The number of benzene rings is 2. The lowest BCUT2D eigenvalue weighted by Crippen LogP contribution is -2.41. The number of carbonyl (C=O) groups excluding carboxylic acids is 3. The fourth-order valence-electron chi connectivity index (χ4n) is 3.18. The maximum atomic E-state index is 12.5. The molecule has 0 saturated heterocycles. The van der Waals surface area contributed by atoms with E-state index in [4.69, 9.17) is 0 Å². The van der Waals surface area contributed by atoms with Crippen LogP contribution in [0.25, 0.3) is 10.6 Å². The standard InChI is InChI=1S/C23H22N4O3S/c1-13-12-18(13)21(29)25-17-10-8-15(9-11-17)20(28)26-27-22(30)19-14(2)24-23(31-19)16-6-4-3-5-7-16/h3-11,13,18H,12H2,1-2H3,(H,25,29)(H,26,28)(H,27,30). The molecule has 1 aliphatic rings. The molecule has 8 heteroatoms. The number of nitrogens with one attached hydrogen (secondary N) is 3. The first-order chi connectivity index (χ1) is 14.9. The van der Waals surface area contributed by atoms with E-state index >= 15 is 0 Å². The number of thiazole rings is 1. The number of aryl methyl sites for hydroxylation is 1. The van der Waals surface area contributed by atoms with Crippen molar-refractivity contribution in [1.29, 1.82) is 0 Å². The van der Waals surface area contributed by atoms with Crippen molar-refractivity contribution in [3.63, 3.8) is 0 Å². The van der Waals surface area contributed by atoms with Crippen molar-refractivity contribution in [2.45, 2.75) is 20.3 Å². The summed E-state index contributed by atoms with van der Waals surface area (Å²) in [6.45, 7) is 3.80. The van der Waals surface area contributed by atoms with Gasteiger partial charge >= 0.3 is 0 Å². The van der Waals surface area contributed by atoms with Crippen LogP contribution in [-0.2, 0) is 4.79 Å². The molecule has 2 unspecified atom stereocenters. The molecular weight excluding hydrogens is 412 g/mol. The highest BCUT2D eigenvalue weighted by Gasteiger charge is 2.39. The van der Waals surface area contributed by atoms with Gasteiger partial charge < -0.3 is 5.32 Å². The van der Waals surface area contributed by atoms with Crippen molar-refractivity contribution in [1.82, 2.24) is 15.8 Å². The molecule has 3 aromatic rings. The minimum atomic E-state index is -0.451. The van der Waals surface area contributed by atoms with E-state index in [1.807, 2.05) is 37.3 Å². The van der Waals surface area contributed by atoms with Crippen LogP contribution >= 0.6 is 11.3 Å². The van der Waals surface area contributed by atoms with Gasteiger partial charge in [0, 0.05) is 22.7 Å². The second-order valence-electron chi connectivity index (χ2n) is 7.59. The molecule has 158 valence electrons. The van der Waals surface area contributed by atoms with Crippen LogP contribution in [-0.4, -0.2) is 22.7 Å². The number of hydrogen-bond acceptors (Lipinski definition) is 5. The third kappa shape index (κ3) is 4.80. The maximum Gasteiger partial charge on any atom is 0.281 e. The first-order valence-corrected chi connectivity index (χ1v) is 10.8. The quantitative estimate of drug-likeness (QED) is 0.532. The molecule has 0 bridgehead atoms. The van der Waals surface area contributed by atoms with Crippen molar-refractivity contribution in [2.24, 2.45) is 11.8 Å². The Labute approximate surface area is 183 Å². The molecule has 2 atom stereocenters. The summed E-state index contributed by atoms with van der Waals surface area (Å²) in [5.41, 5.74) is 7.39. The van der Waals surface area contributed by atoms with Crippen LogP contribution in [0.2, 0.25) is 0 Å². The van der Waals surface area contributed by atoms with E-state index in [-0.39, 0.29) is 11.8 Å². The van der Waals surface area contributed by atoms with Gasteiger partial charge in [0.15, 0.2) is 0 Å². The van der Waals surface area contributed by atoms with Gasteiger partial charge in [0.2, 0.25) is 5.91 Å². The average Bonchev–Trinajstić information content (AvgIpc) is 3.39. The van der Waals surface area contributed by atoms with Gasteiger partial charge in [-0.05, 0) is 43.5 Å². The molecule has 4 rings (SSSR count). The third-order valence-electron chi connectivity index (χ3n) is 5.17. The molecular formula is C23H22N4O3S. The fourth-order valence-corrected chi connectivity index (χ4v) is 4.15. The lowest BCUT2D eigenvalue weighted by molar-refractivity contribution is -0.117. The lowest BCUT2D eigenvalue weighted by Gasteiger charge is -2.08. The third-order valence-corrected chi connectivity index (χ3v) is 6.38. The van der Waals surface area contributed by atoms with Gasteiger partial charge in [0.1, 0.15) is 9.88 Å². The Kier molecular flexibility index (Phi) is 5.81. The Morgan fingerprint density at radius 2 is 1.61 bits per heavy atom. The van der Waals surface area contributed by atoms with E-state index in [2.05, 4.69) is 21.2 Å². The Morgan fingerprint density at radius 1 is 0.968 bits per heavy atom. The zero-order valence-electron chi connectivity index (χ0n) is 17.1. The lowest BCUT2D eigenvalue weighted by atomic mass is 10.2. The van der Waals surface area contributed by atoms with Crippen LogP contribution in [0.4, 0.5) is 5.69 Å². The predicted molar refractivity (Wildman–Crippen MR) is 120 cm³/mol. The van der Waals surface area contributed by atoms with E-state index < -0.39 is 11.8 Å². The molecule has 1 aliphatic carbocycles. The molecule has 3 amide bonds. The van der Waals surface area contributed by atoms with E-state index in [1.165, 1.54) is 11.3 Å². The molecule has 0 radical (unpaired) electrons. The Morgan fingerprint density at radius 3 is 2.26 bits per heavy atom. The molecule has 1 heterocycles. The molecule has 0 aliphatic heterocycles. The van der Waals surface area contributed by atoms with E-state index in [9.17, 15) is 14.4 Å². The van der Waals surface area contributed by atoms with Crippen LogP contribution in [0.3, 0.4) is 0 Å². The van der Waals surface area contributed by atoms with Crippen molar-refractivity contribution in [3.8, 4) is 10.6 Å². The zero-order chi connectivity index (χ0) is 22.0. The number of aromatic nitrogens is 1. The van der Waals surface area contributed by atoms with Crippen molar-refractivity contribution in [2.75, 3.05) is 5.32 Å². The summed E-state index contributed by atoms with van der Waals surface area (Å²) in [6, 6.07) is 16.1. The predicted octanol–water partition coefficient (Wildman–Crippen LogP) is 3.79. The fraction of sp³-hybridized carbons (Fsp3) is 0.217. The summed E-state index contributed by atoms with van der Waals surface area (Å²) in [5, 5.41) is 3.59. The second-order valence-corrected chi connectivity index (χ2v) is 8.59. The van der Waals surface area contributed by atoms with Crippen molar-refractivity contribution in [3.05, 3.63) is 70.7 Å². The second kappa shape index (κ2) is 8.69. The molecule has 3 N–H and O–H groups in total. The minimum absolute atomic E-state index is 0.00626. The SMILES string of the molecule is Cc1nc(-c2ccccc2)sc1C(=O)NNC(=O)c1ccc(NC(=O)C2CC2C)cc1. The summed E-state index contributed by atoms with van der Waals surface area (Å²) >= 11 is 1.27. The van der Waals surface area contributed by atoms with Crippen molar-refractivity contribution >= 4 is 34.7 Å². The van der Waals surface area contributed by atoms with E-state index in [0.29, 0.717) is 27.7 Å². The smallest absolute Gasteiger partial charge is 0.281 e. The number of carbonyl (C=O) groups is 3. The summed E-state index contributed by atoms with van der Waals surface area (Å²) in [4.78, 5) is 41.8. The first kappa shape index (κ1) is 20.7. The topological polar surface area (TPSA) is 100 Å². The highest BCUT2D eigenvalue weighted by molar-refractivity contribution is 7.17. The normalized spacial score (nSPS) is 17.0. The molecule has 31 heavy (non-hydrogen) atoms. The molecule has 2 aromatic carbocycles. The van der Waals surface area contributed by atoms with Gasteiger partial charge in [0.05, 0.1) is 5.69 Å². The van der Waals surface area contributed by atoms with Gasteiger partial charge in [-0.15, -0.1) is 11.3 Å². The van der Waals surface area contributed by atoms with Gasteiger partial charge in [-0.2, -0.15) is 0 Å². The number of hydrazine groups is 1. The first-order valence-electron chi connectivity index (χ1n) is 9.97. The molecule has 0 spiro atoms. The van der Waals surface area contributed by atoms with Gasteiger partial charge in [0.25, 0.3) is 11.8 Å². The van der Waals surface area contributed by atoms with Crippen LogP contribution in [0.1, 0.15) is 39.1 Å². The Hall–Kier alpha value is -3.52. The molecule has 1 saturated carbocycles. The number of rotatable bonds is 5. The van der Waals surface area contributed by atoms with Crippen LogP contribution in [0.5, 0.6) is 0 Å². The van der Waals surface area contributed by atoms with E-state index in [0.717, 1.165) is 17.0 Å². The van der Waals surface area contributed by atoms with Gasteiger partial charge in [-0.25, -0.2) is 4.98 Å². The van der Waals surface area contributed by atoms with Gasteiger partial charge in [-0.1, -0.05) is 37.3 Å².